The van der Waals surface area contributed by atoms with Crippen molar-refractivity contribution in [2.24, 2.45) is 17.8 Å². The molecule has 2 aliphatic rings. The fraction of sp³-hybridized carbons (Fsp3) is 0.647. The van der Waals surface area contributed by atoms with Crippen LogP contribution in [0.2, 0.25) is 5.02 Å². The Morgan fingerprint density at radius 3 is 2.80 bits per heavy atom. The molecule has 0 heterocycles. The van der Waals surface area contributed by atoms with E-state index < -0.39 is 0 Å². The van der Waals surface area contributed by atoms with Crippen LogP contribution in [0.4, 0.5) is 0 Å². The molecule has 1 aromatic rings. The first kappa shape index (κ1) is 14.2. The Morgan fingerprint density at radius 2 is 2.05 bits per heavy atom. The third-order valence-electron chi connectivity index (χ3n) is 5.25. The lowest BCUT2D eigenvalue weighted by Crippen LogP contribution is -2.34. The highest BCUT2D eigenvalue weighted by molar-refractivity contribution is 6.31. The summed E-state index contributed by atoms with van der Waals surface area (Å²) in [6.45, 7) is 1.12. The number of phenols is 1. The van der Waals surface area contributed by atoms with Gasteiger partial charge < -0.3 is 10.0 Å². The van der Waals surface area contributed by atoms with Gasteiger partial charge in [0.25, 0.3) is 0 Å². The van der Waals surface area contributed by atoms with Gasteiger partial charge in [-0.2, -0.15) is 0 Å². The molecule has 2 saturated carbocycles. The van der Waals surface area contributed by atoms with Gasteiger partial charge in [-0.05, 0) is 80.8 Å². The molecule has 0 radical (unpaired) electrons. The van der Waals surface area contributed by atoms with Crippen molar-refractivity contribution in [1.29, 1.82) is 0 Å². The van der Waals surface area contributed by atoms with Crippen LogP contribution in [0.1, 0.15) is 37.2 Å². The van der Waals surface area contributed by atoms with E-state index in [1.165, 1.54) is 25.7 Å². The minimum Gasteiger partial charge on any atom is -0.508 e. The molecular formula is C17H24ClNO. The lowest BCUT2D eigenvalue weighted by Gasteiger charge is -2.39. The van der Waals surface area contributed by atoms with E-state index in [0.717, 1.165) is 29.0 Å². The minimum absolute atomic E-state index is 0.339. The van der Waals surface area contributed by atoms with Crippen LogP contribution in [-0.2, 0) is 0 Å². The number of hydrogen-bond acceptors (Lipinski definition) is 2. The summed E-state index contributed by atoms with van der Waals surface area (Å²) in [5.41, 5.74) is 1.16. The molecule has 0 aliphatic heterocycles. The van der Waals surface area contributed by atoms with Gasteiger partial charge in [0.1, 0.15) is 5.75 Å². The summed E-state index contributed by atoms with van der Waals surface area (Å²) in [7, 11) is 4.31. The standard InChI is InChI=1S/C17H24ClNO/c1-19(2)10-16-12-4-3-11(7-12)8-14(16)15-9-13(20)5-6-17(15)18/h5-6,9,11-12,14,16,20H,3-4,7-8,10H2,1-2H3/t11-,12+,14?,16?/m1/s1. The second-order valence-corrected chi connectivity index (χ2v) is 7.32. The molecule has 2 bridgehead atoms. The molecule has 3 heteroatoms. The summed E-state index contributed by atoms with van der Waals surface area (Å²) < 4.78 is 0. The number of phenolic OH excluding ortho intramolecular Hbond substituents is 1. The number of halogens is 1. The first-order valence-electron chi connectivity index (χ1n) is 7.67. The number of nitrogens with zero attached hydrogens (tertiary/aromatic N) is 1. The fourth-order valence-corrected chi connectivity index (χ4v) is 4.71. The molecule has 20 heavy (non-hydrogen) atoms. The maximum atomic E-state index is 9.81. The third kappa shape index (κ3) is 2.68. The smallest absolute Gasteiger partial charge is 0.115 e. The molecule has 0 amide bonds. The number of benzene rings is 1. The molecule has 2 aliphatic carbocycles. The van der Waals surface area contributed by atoms with E-state index in [4.69, 9.17) is 11.6 Å². The molecule has 0 spiro atoms. The lowest BCUT2D eigenvalue weighted by molar-refractivity contribution is 0.165. The molecule has 1 aromatic carbocycles. The Bertz CT molecular complexity index is 488. The fourth-order valence-electron chi connectivity index (χ4n) is 4.45. The average molecular weight is 294 g/mol. The van der Waals surface area contributed by atoms with Gasteiger partial charge >= 0.3 is 0 Å². The van der Waals surface area contributed by atoms with Crippen molar-refractivity contribution in [2.45, 2.75) is 31.6 Å². The second kappa shape index (κ2) is 5.57. The highest BCUT2D eigenvalue weighted by Gasteiger charge is 2.42. The van der Waals surface area contributed by atoms with Crippen LogP contribution in [0.5, 0.6) is 5.75 Å². The van der Waals surface area contributed by atoms with Crippen LogP contribution in [-0.4, -0.2) is 30.6 Å². The van der Waals surface area contributed by atoms with Gasteiger partial charge in [0, 0.05) is 11.6 Å². The Balaban J connectivity index is 1.94. The number of hydrogen-bond donors (Lipinski definition) is 1. The van der Waals surface area contributed by atoms with Crippen LogP contribution in [0.3, 0.4) is 0 Å². The third-order valence-corrected chi connectivity index (χ3v) is 5.59. The normalized spacial score (nSPS) is 32.8. The van der Waals surface area contributed by atoms with Gasteiger partial charge in [0.2, 0.25) is 0 Å². The van der Waals surface area contributed by atoms with E-state index in [1.54, 1.807) is 6.07 Å². The summed E-state index contributed by atoms with van der Waals surface area (Å²) >= 11 is 6.42. The van der Waals surface area contributed by atoms with Gasteiger partial charge in [-0.3, -0.25) is 0 Å². The average Bonchev–Trinajstić information content (AvgIpc) is 2.79. The van der Waals surface area contributed by atoms with E-state index in [1.807, 2.05) is 12.1 Å². The Hall–Kier alpha value is -0.730. The van der Waals surface area contributed by atoms with Gasteiger partial charge in [-0.25, -0.2) is 0 Å². The second-order valence-electron chi connectivity index (χ2n) is 6.91. The van der Waals surface area contributed by atoms with Crippen molar-refractivity contribution in [1.82, 2.24) is 4.90 Å². The molecule has 2 unspecified atom stereocenters. The first-order chi connectivity index (χ1) is 9.54. The number of aromatic hydroxyl groups is 1. The minimum atomic E-state index is 0.339. The zero-order chi connectivity index (χ0) is 14.3. The van der Waals surface area contributed by atoms with Crippen LogP contribution in [0.25, 0.3) is 0 Å². The Labute approximate surface area is 126 Å². The predicted octanol–water partition coefficient (Wildman–Crippen LogP) is 4.13. The maximum absolute atomic E-state index is 9.81. The monoisotopic (exact) mass is 293 g/mol. The van der Waals surface area contributed by atoms with Crippen molar-refractivity contribution >= 4 is 11.6 Å². The van der Waals surface area contributed by atoms with Gasteiger partial charge in [-0.1, -0.05) is 18.0 Å². The molecule has 3 rings (SSSR count). The summed E-state index contributed by atoms with van der Waals surface area (Å²) in [5, 5.41) is 10.6. The highest BCUT2D eigenvalue weighted by atomic mass is 35.5. The van der Waals surface area contributed by atoms with Crippen LogP contribution >= 0.6 is 11.6 Å². The maximum Gasteiger partial charge on any atom is 0.115 e. The summed E-state index contributed by atoms with van der Waals surface area (Å²) in [6, 6.07) is 5.42. The van der Waals surface area contributed by atoms with Crippen LogP contribution in [0, 0.1) is 17.8 Å². The van der Waals surface area contributed by atoms with Crippen molar-refractivity contribution in [2.75, 3.05) is 20.6 Å². The van der Waals surface area contributed by atoms with E-state index in [-0.39, 0.29) is 0 Å². The van der Waals surface area contributed by atoms with Gasteiger partial charge in [0.05, 0.1) is 0 Å². The SMILES string of the molecule is CN(C)CC1C(c2cc(O)ccc2Cl)C[C@@H]2CC[C@H]1C2. The van der Waals surface area contributed by atoms with Crippen molar-refractivity contribution in [3.05, 3.63) is 28.8 Å². The van der Waals surface area contributed by atoms with Crippen molar-refractivity contribution < 1.29 is 5.11 Å². The predicted molar refractivity (Wildman–Crippen MR) is 83.3 cm³/mol. The first-order valence-corrected chi connectivity index (χ1v) is 8.05. The van der Waals surface area contributed by atoms with Crippen molar-refractivity contribution in [3.8, 4) is 5.75 Å². The molecule has 2 nitrogen and oxygen atoms in total. The van der Waals surface area contributed by atoms with E-state index in [0.29, 0.717) is 17.6 Å². The Morgan fingerprint density at radius 1 is 1.25 bits per heavy atom. The lowest BCUT2D eigenvalue weighted by atomic mass is 9.69. The van der Waals surface area contributed by atoms with Gasteiger partial charge in [-0.15, -0.1) is 0 Å². The molecule has 0 aromatic heterocycles. The zero-order valence-electron chi connectivity index (χ0n) is 12.3. The molecule has 4 atom stereocenters. The van der Waals surface area contributed by atoms with E-state index in [9.17, 15) is 5.11 Å². The summed E-state index contributed by atoms with van der Waals surface area (Å²) in [5.74, 6) is 3.21. The summed E-state index contributed by atoms with van der Waals surface area (Å²) in [6.07, 6.45) is 5.38. The van der Waals surface area contributed by atoms with Crippen molar-refractivity contribution in [3.63, 3.8) is 0 Å². The quantitative estimate of drug-likeness (QED) is 0.906. The largest absolute Gasteiger partial charge is 0.508 e. The molecular weight excluding hydrogens is 270 g/mol. The number of rotatable bonds is 3. The topological polar surface area (TPSA) is 23.5 Å². The zero-order valence-corrected chi connectivity index (χ0v) is 13.1. The molecule has 0 saturated heterocycles. The van der Waals surface area contributed by atoms with E-state index >= 15 is 0 Å². The van der Waals surface area contributed by atoms with E-state index in [2.05, 4.69) is 19.0 Å². The van der Waals surface area contributed by atoms with Gasteiger partial charge in [0.15, 0.2) is 0 Å². The molecule has 2 fully saturated rings. The van der Waals surface area contributed by atoms with Crippen LogP contribution < -0.4 is 0 Å². The Kier molecular flexibility index (Phi) is 3.96. The van der Waals surface area contributed by atoms with Crippen LogP contribution in [0.15, 0.2) is 18.2 Å². The molecule has 1 N–H and O–H groups in total. The number of fused-ring (bicyclic) bond motifs is 2. The highest BCUT2D eigenvalue weighted by Crippen LogP contribution is 2.53. The summed E-state index contributed by atoms with van der Waals surface area (Å²) in [4.78, 5) is 2.30. The molecule has 110 valence electrons.